The van der Waals surface area contributed by atoms with Gasteiger partial charge in [0.2, 0.25) is 0 Å². The van der Waals surface area contributed by atoms with Crippen LogP contribution < -0.4 is 10.9 Å². The number of nitrogens with one attached hydrogen (secondary N) is 1. The standard InChI is InChI=1S/C25H25BrN4O6S/c1-25(2,3)36-19(31)8-27-22(33)20-21(32)15-10-29(23(34)17-12-37-13-28-17)11-18(15)30(24(20)35)9-14-6-4-5-7-16(14)26/h4-7,12-13,32H,8-11H2,1-3H3,(H,27,33). The van der Waals surface area contributed by atoms with Gasteiger partial charge in [0.25, 0.3) is 17.4 Å². The Balaban J connectivity index is 1.72. The van der Waals surface area contributed by atoms with Crippen LogP contribution in [0.15, 0.2) is 44.4 Å². The molecule has 2 N–H and O–H groups in total. The van der Waals surface area contributed by atoms with Crippen molar-refractivity contribution in [1.82, 2.24) is 19.8 Å². The van der Waals surface area contributed by atoms with Crippen LogP contribution in [0, 0.1) is 0 Å². The normalized spacial score (nSPS) is 12.8. The molecule has 2 aromatic heterocycles. The van der Waals surface area contributed by atoms with E-state index in [0.29, 0.717) is 5.69 Å². The van der Waals surface area contributed by atoms with Gasteiger partial charge in [-0.3, -0.25) is 19.2 Å². The van der Waals surface area contributed by atoms with Gasteiger partial charge in [-0.05, 0) is 32.4 Å². The van der Waals surface area contributed by atoms with E-state index < -0.39 is 40.9 Å². The van der Waals surface area contributed by atoms with Gasteiger partial charge in [0.1, 0.15) is 29.2 Å². The molecule has 1 aromatic carbocycles. The molecule has 10 nitrogen and oxygen atoms in total. The molecular weight excluding hydrogens is 564 g/mol. The molecule has 3 aromatic rings. The van der Waals surface area contributed by atoms with Crippen molar-refractivity contribution in [2.45, 2.75) is 46.0 Å². The molecule has 37 heavy (non-hydrogen) atoms. The molecule has 0 fully saturated rings. The van der Waals surface area contributed by atoms with E-state index in [1.807, 2.05) is 24.3 Å². The van der Waals surface area contributed by atoms with Gasteiger partial charge in [0.15, 0.2) is 0 Å². The van der Waals surface area contributed by atoms with Crippen LogP contribution in [0.4, 0.5) is 0 Å². The van der Waals surface area contributed by atoms with Gasteiger partial charge in [-0.25, -0.2) is 4.98 Å². The molecule has 1 aliphatic heterocycles. The minimum atomic E-state index is -0.915. The van der Waals surface area contributed by atoms with Crippen LogP contribution in [0.5, 0.6) is 5.75 Å². The molecule has 4 rings (SSSR count). The Bertz CT molecular complexity index is 1430. The van der Waals surface area contributed by atoms with E-state index in [1.165, 1.54) is 20.8 Å². The van der Waals surface area contributed by atoms with E-state index in [0.717, 1.165) is 10.0 Å². The van der Waals surface area contributed by atoms with Crippen molar-refractivity contribution < 1.29 is 24.2 Å². The highest BCUT2D eigenvalue weighted by atomic mass is 79.9. The maximum atomic E-state index is 13.6. The second kappa shape index (κ2) is 10.5. The number of aromatic hydroxyl groups is 1. The summed E-state index contributed by atoms with van der Waals surface area (Å²) in [6.45, 7) is 4.73. The molecule has 0 saturated heterocycles. The molecule has 0 aliphatic carbocycles. The van der Waals surface area contributed by atoms with E-state index in [4.69, 9.17) is 4.74 Å². The lowest BCUT2D eigenvalue weighted by Gasteiger charge is -2.20. The summed E-state index contributed by atoms with van der Waals surface area (Å²) in [5, 5.41) is 15.0. The molecule has 0 radical (unpaired) electrons. The molecule has 0 atom stereocenters. The number of esters is 1. The Kier molecular flexibility index (Phi) is 7.51. The van der Waals surface area contributed by atoms with E-state index in [2.05, 4.69) is 26.2 Å². The van der Waals surface area contributed by atoms with Crippen molar-refractivity contribution in [2.24, 2.45) is 0 Å². The zero-order valence-electron chi connectivity index (χ0n) is 20.4. The van der Waals surface area contributed by atoms with Gasteiger partial charge in [-0.1, -0.05) is 34.1 Å². The van der Waals surface area contributed by atoms with Gasteiger partial charge < -0.3 is 24.6 Å². The SMILES string of the molecule is CC(C)(C)OC(=O)CNC(=O)c1c(O)c2c(n(Cc3ccccc3Br)c1=O)CN(C(=O)c1cscn1)C2. The topological polar surface area (TPSA) is 131 Å². The van der Waals surface area contributed by atoms with E-state index in [1.54, 1.807) is 31.7 Å². The Hall–Kier alpha value is -3.51. The zero-order chi connectivity index (χ0) is 26.9. The highest BCUT2D eigenvalue weighted by Crippen LogP contribution is 2.33. The van der Waals surface area contributed by atoms with Crippen molar-refractivity contribution in [3.63, 3.8) is 0 Å². The lowest BCUT2D eigenvalue weighted by molar-refractivity contribution is -0.153. The molecule has 3 heterocycles. The number of aromatic nitrogens is 2. The van der Waals surface area contributed by atoms with Crippen LogP contribution in [-0.4, -0.2) is 49.5 Å². The molecule has 1 aliphatic rings. The van der Waals surface area contributed by atoms with E-state index in [-0.39, 0.29) is 36.8 Å². The fourth-order valence-corrected chi connectivity index (χ4v) is 4.93. The molecular formula is C25H25BrN4O6S. The summed E-state index contributed by atoms with van der Waals surface area (Å²) in [5.41, 5.74) is 1.29. The zero-order valence-corrected chi connectivity index (χ0v) is 22.8. The third kappa shape index (κ3) is 5.75. The number of rotatable bonds is 6. The molecule has 194 valence electrons. The number of hydrogen-bond acceptors (Lipinski definition) is 8. The summed E-state index contributed by atoms with van der Waals surface area (Å²) in [4.78, 5) is 57.2. The van der Waals surface area contributed by atoms with Gasteiger partial charge in [-0.2, -0.15) is 0 Å². The second-order valence-corrected chi connectivity index (χ2v) is 11.0. The Morgan fingerprint density at radius 1 is 1.22 bits per heavy atom. The van der Waals surface area contributed by atoms with E-state index in [9.17, 15) is 24.3 Å². The molecule has 12 heteroatoms. The van der Waals surface area contributed by atoms with Crippen LogP contribution in [0.25, 0.3) is 0 Å². The number of pyridine rings is 1. The maximum Gasteiger partial charge on any atom is 0.325 e. The number of carbonyl (C=O) groups excluding carboxylic acids is 3. The molecule has 2 amide bonds. The summed E-state index contributed by atoms with van der Waals surface area (Å²) < 4.78 is 7.33. The van der Waals surface area contributed by atoms with Gasteiger partial charge in [-0.15, -0.1) is 11.3 Å². The van der Waals surface area contributed by atoms with Crippen LogP contribution in [0.3, 0.4) is 0 Å². The first-order chi connectivity index (χ1) is 17.5. The number of hydrogen-bond donors (Lipinski definition) is 2. The third-order valence-electron chi connectivity index (χ3n) is 5.61. The van der Waals surface area contributed by atoms with Gasteiger partial charge >= 0.3 is 5.97 Å². The molecule has 0 spiro atoms. The predicted molar refractivity (Wildman–Crippen MR) is 139 cm³/mol. The number of nitrogens with zero attached hydrogens (tertiary/aromatic N) is 3. The Morgan fingerprint density at radius 3 is 2.59 bits per heavy atom. The highest BCUT2D eigenvalue weighted by molar-refractivity contribution is 9.10. The molecule has 0 unspecified atom stereocenters. The number of ether oxygens (including phenoxy) is 1. The van der Waals surface area contributed by atoms with Crippen LogP contribution >= 0.6 is 27.3 Å². The summed E-state index contributed by atoms with van der Waals surface area (Å²) in [6, 6.07) is 7.30. The number of carbonyl (C=O) groups is 3. The number of amides is 2. The van der Waals surface area contributed by atoms with Crippen molar-refractivity contribution in [3.8, 4) is 5.75 Å². The number of benzene rings is 1. The summed E-state index contributed by atoms with van der Waals surface area (Å²) in [5.74, 6) is -2.47. The van der Waals surface area contributed by atoms with E-state index >= 15 is 0 Å². The first-order valence-corrected chi connectivity index (χ1v) is 13.1. The number of thiazole rings is 1. The molecule has 0 bridgehead atoms. The Morgan fingerprint density at radius 2 is 1.95 bits per heavy atom. The van der Waals surface area contributed by atoms with Crippen LogP contribution in [0.2, 0.25) is 0 Å². The van der Waals surface area contributed by atoms with Gasteiger partial charge in [0.05, 0.1) is 25.1 Å². The van der Waals surface area contributed by atoms with Crippen LogP contribution in [-0.2, 0) is 29.2 Å². The Labute approximate surface area is 225 Å². The van der Waals surface area contributed by atoms with Crippen molar-refractivity contribution in [1.29, 1.82) is 0 Å². The minimum absolute atomic E-state index is 0.0138. The quantitative estimate of drug-likeness (QED) is 0.423. The van der Waals surface area contributed by atoms with Crippen molar-refractivity contribution in [3.05, 3.63) is 78.1 Å². The van der Waals surface area contributed by atoms with Crippen molar-refractivity contribution in [2.75, 3.05) is 6.54 Å². The fraction of sp³-hybridized carbons (Fsp3) is 0.320. The first kappa shape index (κ1) is 26.6. The molecule has 0 saturated carbocycles. The predicted octanol–water partition coefficient (Wildman–Crippen LogP) is 3.05. The summed E-state index contributed by atoms with van der Waals surface area (Å²) in [7, 11) is 0. The monoisotopic (exact) mass is 588 g/mol. The van der Waals surface area contributed by atoms with Crippen molar-refractivity contribution >= 4 is 45.1 Å². The lowest BCUT2D eigenvalue weighted by Crippen LogP contribution is -2.39. The first-order valence-electron chi connectivity index (χ1n) is 11.3. The maximum absolute atomic E-state index is 13.6. The smallest absolute Gasteiger partial charge is 0.325 e. The fourth-order valence-electron chi connectivity index (χ4n) is 3.99. The summed E-state index contributed by atoms with van der Waals surface area (Å²) >= 11 is 4.76. The second-order valence-electron chi connectivity index (χ2n) is 9.44. The third-order valence-corrected chi connectivity index (χ3v) is 6.97. The largest absolute Gasteiger partial charge is 0.506 e. The lowest BCUT2D eigenvalue weighted by atomic mass is 10.1. The van der Waals surface area contributed by atoms with Crippen LogP contribution in [0.1, 0.15) is 58.4 Å². The minimum Gasteiger partial charge on any atom is -0.506 e. The highest BCUT2D eigenvalue weighted by Gasteiger charge is 2.34. The number of fused-ring (bicyclic) bond motifs is 1. The van der Waals surface area contributed by atoms with Gasteiger partial charge in [0, 0.05) is 21.1 Å². The average molecular weight is 589 g/mol. The summed E-state index contributed by atoms with van der Waals surface area (Å²) in [6.07, 6.45) is 0. The number of halogens is 1. The average Bonchev–Trinajstić information content (AvgIpc) is 3.51.